The number of carbonyl (C=O) groups excluding carboxylic acids is 1. The summed E-state index contributed by atoms with van der Waals surface area (Å²) in [5.74, 6) is -0.901. The Morgan fingerprint density at radius 1 is 1.46 bits per heavy atom. The van der Waals surface area contributed by atoms with Crippen LogP contribution >= 0.6 is 11.6 Å². The summed E-state index contributed by atoms with van der Waals surface area (Å²) in [5.41, 5.74) is -2.40. The van der Waals surface area contributed by atoms with Gasteiger partial charge in [-0.3, -0.25) is 4.79 Å². The minimum atomic E-state index is -4.94. The molecule has 0 aliphatic carbocycles. The number of carbonyl (C=O) groups is 1. The Morgan fingerprint density at radius 3 is 2.86 bits per heavy atom. The monoisotopic (exact) mass is 417 g/mol. The van der Waals surface area contributed by atoms with Gasteiger partial charge in [0.25, 0.3) is 0 Å². The normalized spacial score (nSPS) is 18.7. The Morgan fingerprint density at radius 2 is 2.21 bits per heavy atom. The third kappa shape index (κ3) is 3.95. The molecule has 0 fully saturated rings. The summed E-state index contributed by atoms with van der Waals surface area (Å²) in [5, 5.41) is 13.2. The lowest BCUT2D eigenvalue weighted by Crippen LogP contribution is -2.47. The number of aliphatic hydroxyl groups is 1. The lowest BCUT2D eigenvalue weighted by Gasteiger charge is -2.30. The van der Waals surface area contributed by atoms with Crippen molar-refractivity contribution in [3.63, 3.8) is 0 Å². The van der Waals surface area contributed by atoms with E-state index in [4.69, 9.17) is 16.3 Å². The quantitative estimate of drug-likeness (QED) is 0.784. The second-order valence-corrected chi connectivity index (χ2v) is 7.16. The number of benzene rings is 1. The number of fused-ring (bicyclic) bond motifs is 1. The number of ether oxygens (including phenoxy) is 1. The van der Waals surface area contributed by atoms with E-state index in [1.165, 1.54) is 19.4 Å². The molecule has 1 aliphatic heterocycles. The van der Waals surface area contributed by atoms with Crippen LogP contribution in [-0.2, 0) is 23.9 Å². The third-order valence-electron chi connectivity index (χ3n) is 4.75. The Kier molecular flexibility index (Phi) is 5.58. The summed E-state index contributed by atoms with van der Waals surface area (Å²) in [6.45, 7) is -0.260. The van der Waals surface area contributed by atoms with Crippen molar-refractivity contribution in [3.05, 3.63) is 47.0 Å². The Hall–Kier alpha value is -2.26. The fourth-order valence-electron chi connectivity index (χ4n) is 3.19. The predicted molar refractivity (Wildman–Crippen MR) is 94.9 cm³/mol. The molecule has 0 spiro atoms. The highest BCUT2D eigenvalue weighted by molar-refractivity contribution is 6.30. The van der Waals surface area contributed by atoms with Crippen LogP contribution in [0.4, 0.5) is 13.2 Å². The second-order valence-electron chi connectivity index (χ2n) is 6.72. The average molecular weight is 418 g/mol. The molecule has 0 radical (unpaired) electrons. The number of aromatic nitrogens is 2. The molecule has 28 heavy (non-hydrogen) atoms. The molecule has 2 heterocycles. The standard InChI is InChI=1S/C18H19ClF3N3O3/c1-25-7-6-24-16(25)17(27,18(20,21)22)4-5-23-15(26)12-8-11-9-13(19)2-3-14(11)28-10-12/h2-3,6-7,9,12,27H,4-5,8,10H2,1H3,(H,23,26). The summed E-state index contributed by atoms with van der Waals surface area (Å²) in [7, 11) is 1.36. The number of nitrogens with zero attached hydrogens (tertiary/aromatic N) is 2. The van der Waals surface area contributed by atoms with Crippen LogP contribution in [-0.4, -0.2) is 39.9 Å². The molecule has 1 aliphatic rings. The second kappa shape index (κ2) is 7.63. The first-order valence-corrected chi connectivity index (χ1v) is 8.95. The SMILES string of the molecule is Cn1ccnc1C(O)(CCNC(=O)C1COc2ccc(Cl)cc2C1)C(F)(F)F. The molecule has 10 heteroatoms. The highest BCUT2D eigenvalue weighted by Crippen LogP contribution is 2.40. The fraction of sp³-hybridized carbons (Fsp3) is 0.444. The first kappa shape index (κ1) is 20.5. The molecule has 0 saturated heterocycles. The molecule has 152 valence electrons. The number of hydrogen-bond acceptors (Lipinski definition) is 4. The Bertz CT molecular complexity index is 871. The van der Waals surface area contributed by atoms with E-state index in [9.17, 15) is 23.1 Å². The number of imidazole rings is 1. The van der Waals surface area contributed by atoms with E-state index < -0.39 is 35.8 Å². The molecule has 2 aromatic rings. The van der Waals surface area contributed by atoms with Crippen molar-refractivity contribution in [1.82, 2.24) is 14.9 Å². The van der Waals surface area contributed by atoms with Crippen LogP contribution in [0.3, 0.4) is 0 Å². The van der Waals surface area contributed by atoms with E-state index in [0.717, 1.165) is 10.1 Å². The minimum absolute atomic E-state index is 0.114. The van der Waals surface area contributed by atoms with Gasteiger partial charge in [0.05, 0.1) is 5.92 Å². The Balaban J connectivity index is 1.63. The van der Waals surface area contributed by atoms with Crippen LogP contribution in [0, 0.1) is 5.92 Å². The molecule has 2 N–H and O–H groups in total. The van der Waals surface area contributed by atoms with Gasteiger partial charge < -0.3 is 19.7 Å². The van der Waals surface area contributed by atoms with E-state index >= 15 is 0 Å². The van der Waals surface area contributed by atoms with Gasteiger partial charge in [-0.25, -0.2) is 4.98 Å². The number of alkyl halides is 3. The number of amides is 1. The highest BCUT2D eigenvalue weighted by Gasteiger charge is 2.57. The molecule has 2 atom stereocenters. The van der Waals surface area contributed by atoms with Gasteiger partial charge in [0.1, 0.15) is 18.2 Å². The number of hydrogen-bond donors (Lipinski definition) is 2. The van der Waals surface area contributed by atoms with Crippen LogP contribution < -0.4 is 10.1 Å². The summed E-state index contributed by atoms with van der Waals surface area (Å²) in [6, 6.07) is 5.08. The van der Waals surface area contributed by atoms with Gasteiger partial charge in [0.2, 0.25) is 11.5 Å². The lowest BCUT2D eigenvalue weighted by atomic mass is 9.95. The largest absolute Gasteiger partial charge is 0.492 e. The van der Waals surface area contributed by atoms with E-state index in [1.807, 2.05) is 0 Å². The van der Waals surface area contributed by atoms with Crippen LogP contribution in [0.25, 0.3) is 0 Å². The van der Waals surface area contributed by atoms with Crippen LogP contribution in [0.15, 0.2) is 30.6 Å². The molecular formula is C18H19ClF3N3O3. The summed E-state index contributed by atoms with van der Waals surface area (Å²) in [4.78, 5) is 16.0. The van der Waals surface area contributed by atoms with Gasteiger partial charge in [0.15, 0.2) is 0 Å². The number of nitrogens with one attached hydrogen (secondary N) is 1. The van der Waals surface area contributed by atoms with Gasteiger partial charge in [-0.1, -0.05) is 11.6 Å². The van der Waals surface area contributed by atoms with Crippen molar-refractivity contribution in [2.75, 3.05) is 13.2 Å². The summed E-state index contributed by atoms with van der Waals surface area (Å²) in [6.07, 6.45) is -2.85. The maximum atomic E-state index is 13.5. The highest BCUT2D eigenvalue weighted by atomic mass is 35.5. The topological polar surface area (TPSA) is 76.4 Å². The maximum absolute atomic E-state index is 13.5. The van der Waals surface area contributed by atoms with Crippen molar-refractivity contribution >= 4 is 17.5 Å². The zero-order valence-electron chi connectivity index (χ0n) is 15.0. The molecule has 1 amide bonds. The number of aryl methyl sites for hydroxylation is 1. The molecule has 0 saturated carbocycles. The van der Waals surface area contributed by atoms with E-state index in [-0.39, 0.29) is 13.2 Å². The smallest absolute Gasteiger partial charge is 0.424 e. The zero-order chi connectivity index (χ0) is 20.5. The van der Waals surface area contributed by atoms with E-state index in [1.54, 1.807) is 18.2 Å². The molecule has 1 aromatic carbocycles. The van der Waals surface area contributed by atoms with Crippen molar-refractivity contribution in [3.8, 4) is 5.75 Å². The van der Waals surface area contributed by atoms with Crippen molar-refractivity contribution in [2.24, 2.45) is 13.0 Å². The molecule has 6 nitrogen and oxygen atoms in total. The number of halogens is 4. The molecule has 1 aromatic heterocycles. The first-order chi connectivity index (χ1) is 13.1. The van der Waals surface area contributed by atoms with Crippen LogP contribution in [0.1, 0.15) is 17.8 Å². The Labute approximate surface area is 164 Å². The van der Waals surface area contributed by atoms with Crippen LogP contribution in [0.5, 0.6) is 5.75 Å². The summed E-state index contributed by atoms with van der Waals surface area (Å²) < 4.78 is 47.1. The fourth-order valence-corrected chi connectivity index (χ4v) is 3.38. The van der Waals surface area contributed by atoms with Crippen molar-refractivity contribution < 1.29 is 27.8 Å². The number of rotatable bonds is 5. The minimum Gasteiger partial charge on any atom is -0.492 e. The predicted octanol–water partition coefficient (Wildman–Crippen LogP) is 2.58. The maximum Gasteiger partial charge on any atom is 0.424 e. The average Bonchev–Trinajstić information content (AvgIpc) is 3.06. The molecule has 3 rings (SSSR count). The van der Waals surface area contributed by atoms with Gasteiger partial charge in [-0.2, -0.15) is 13.2 Å². The van der Waals surface area contributed by atoms with Gasteiger partial charge in [-0.05, 0) is 30.2 Å². The van der Waals surface area contributed by atoms with Gasteiger partial charge in [-0.15, -0.1) is 0 Å². The van der Waals surface area contributed by atoms with Crippen molar-refractivity contribution in [2.45, 2.75) is 24.6 Å². The van der Waals surface area contributed by atoms with E-state index in [0.29, 0.717) is 17.2 Å². The lowest BCUT2D eigenvalue weighted by molar-refractivity contribution is -0.272. The molecule has 0 bridgehead atoms. The first-order valence-electron chi connectivity index (χ1n) is 8.57. The third-order valence-corrected chi connectivity index (χ3v) is 4.98. The van der Waals surface area contributed by atoms with Crippen LogP contribution in [0.2, 0.25) is 5.02 Å². The molecular weight excluding hydrogens is 399 g/mol. The molecule has 2 unspecified atom stereocenters. The van der Waals surface area contributed by atoms with Gasteiger partial charge >= 0.3 is 6.18 Å². The summed E-state index contributed by atoms with van der Waals surface area (Å²) >= 11 is 5.94. The zero-order valence-corrected chi connectivity index (χ0v) is 15.7. The van der Waals surface area contributed by atoms with Gasteiger partial charge in [0, 0.05) is 37.4 Å². The van der Waals surface area contributed by atoms with E-state index in [2.05, 4.69) is 10.3 Å². The van der Waals surface area contributed by atoms with Crippen molar-refractivity contribution in [1.29, 1.82) is 0 Å².